The highest BCUT2D eigenvalue weighted by Crippen LogP contribution is 2.17. The summed E-state index contributed by atoms with van der Waals surface area (Å²) in [5, 5.41) is 19.0. The fourth-order valence-corrected chi connectivity index (χ4v) is 1.71. The highest BCUT2D eigenvalue weighted by Gasteiger charge is 2.24. The summed E-state index contributed by atoms with van der Waals surface area (Å²) < 4.78 is 0. The number of β-amino-alcohol motifs (C(OH)–C–C–N with tert-alkyl or cyclic N) is 2. The van der Waals surface area contributed by atoms with E-state index in [1.165, 1.54) is 0 Å². The van der Waals surface area contributed by atoms with E-state index in [0.29, 0.717) is 12.5 Å². The molecule has 0 aromatic rings. The van der Waals surface area contributed by atoms with Gasteiger partial charge in [0.05, 0.1) is 12.2 Å². The number of nitrogens with zero attached hydrogens (tertiary/aromatic N) is 1. The van der Waals surface area contributed by atoms with Crippen molar-refractivity contribution in [3.63, 3.8) is 0 Å². The van der Waals surface area contributed by atoms with Crippen LogP contribution in [0.25, 0.3) is 0 Å². The average molecular weight is 187 g/mol. The molecule has 1 heterocycles. The molecule has 2 unspecified atom stereocenters. The molecule has 2 N–H and O–H groups in total. The molecule has 0 amide bonds. The molecule has 0 bridgehead atoms. The van der Waals surface area contributed by atoms with Gasteiger partial charge < -0.3 is 10.2 Å². The van der Waals surface area contributed by atoms with E-state index in [4.69, 9.17) is 0 Å². The highest BCUT2D eigenvalue weighted by molar-refractivity contribution is 4.78. The summed E-state index contributed by atoms with van der Waals surface area (Å²) in [6, 6.07) is 0. The van der Waals surface area contributed by atoms with Crippen LogP contribution in [0.2, 0.25) is 0 Å². The summed E-state index contributed by atoms with van der Waals surface area (Å²) in [6.07, 6.45) is 1.39. The third kappa shape index (κ3) is 3.25. The summed E-state index contributed by atoms with van der Waals surface area (Å²) in [6.45, 7) is 6.50. The number of aliphatic hydroxyl groups excluding tert-OH is 2. The zero-order chi connectivity index (χ0) is 9.84. The number of rotatable bonds is 3. The molecule has 0 spiro atoms. The fraction of sp³-hybridized carbons (Fsp3) is 1.00. The molecule has 78 valence electrons. The van der Waals surface area contributed by atoms with E-state index >= 15 is 0 Å². The van der Waals surface area contributed by atoms with E-state index in [9.17, 15) is 10.2 Å². The Kier molecular flexibility index (Phi) is 4.16. The molecule has 3 atom stereocenters. The smallest absolute Gasteiger partial charge is 0.0693 e. The maximum Gasteiger partial charge on any atom is 0.0693 e. The Balaban J connectivity index is 2.29. The molecule has 0 radical (unpaired) electrons. The van der Waals surface area contributed by atoms with Crippen LogP contribution in [0.3, 0.4) is 0 Å². The van der Waals surface area contributed by atoms with Gasteiger partial charge in [0.25, 0.3) is 0 Å². The second-order valence-electron chi connectivity index (χ2n) is 4.15. The molecular weight excluding hydrogens is 166 g/mol. The Labute approximate surface area is 80.4 Å². The van der Waals surface area contributed by atoms with Gasteiger partial charge in [-0.2, -0.15) is 0 Å². The average Bonchev–Trinajstić information content (AvgIpc) is 2.11. The van der Waals surface area contributed by atoms with E-state index < -0.39 is 0 Å². The molecule has 3 heteroatoms. The quantitative estimate of drug-likeness (QED) is 0.674. The van der Waals surface area contributed by atoms with E-state index in [2.05, 4.69) is 11.8 Å². The van der Waals surface area contributed by atoms with Gasteiger partial charge in [-0.3, -0.25) is 4.90 Å². The normalized spacial score (nSPS) is 33.2. The van der Waals surface area contributed by atoms with Crippen LogP contribution in [0.4, 0.5) is 0 Å². The van der Waals surface area contributed by atoms with Gasteiger partial charge in [-0.05, 0) is 25.3 Å². The monoisotopic (exact) mass is 187 g/mol. The minimum absolute atomic E-state index is 0.210. The zero-order valence-electron chi connectivity index (χ0n) is 8.61. The first-order chi connectivity index (χ1) is 6.13. The van der Waals surface area contributed by atoms with Crippen LogP contribution in [-0.2, 0) is 0 Å². The van der Waals surface area contributed by atoms with E-state index in [1.54, 1.807) is 0 Å². The summed E-state index contributed by atoms with van der Waals surface area (Å²) in [5.74, 6) is 0.412. The third-order valence-corrected chi connectivity index (χ3v) is 2.94. The maximum absolute atomic E-state index is 9.61. The number of aliphatic hydroxyl groups is 2. The third-order valence-electron chi connectivity index (χ3n) is 2.94. The van der Waals surface area contributed by atoms with Crippen LogP contribution in [0.1, 0.15) is 26.7 Å². The van der Waals surface area contributed by atoms with E-state index in [1.807, 2.05) is 6.92 Å². The summed E-state index contributed by atoms with van der Waals surface area (Å²) in [5.41, 5.74) is 0. The predicted molar refractivity (Wildman–Crippen MR) is 52.5 cm³/mol. The zero-order valence-corrected chi connectivity index (χ0v) is 8.61. The van der Waals surface area contributed by atoms with Crippen LogP contribution in [-0.4, -0.2) is 47.0 Å². The number of hydrogen-bond donors (Lipinski definition) is 2. The van der Waals surface area contributed by atoms with Crippen LogP contribution in [0, 0.1) is 5.92 Å². The molecule has 0 aliphatic carbocycles. The Morgan fingerprint density at radius 1 is 1.54 bits per heavy atom. The molecule has 13 heavy (non-hydrogen) atoms. The highest BCUT2D eigenvalue weighted by atomic mass is 16.3. The van der Waals surface area contributed by atoms with Crippen molar-refractivity contribution in [1.82, 2.24) is 4.90 Å². The molecule has 0 saturated carbocycles. The van der Waals surface area contributed by atoms with E-state index in [0.717, 1.165) is 25.9 Å². The molecule has 1 aliphatic heterocycles. The van der Waals surface area contributed by atoms with Crippen LogP contribution in [0.15, 0.2) is 0 Å². The van der Waals surface area contributed by atoms with Crippen molar-refractivity contribution in [3.05, 3.63) is 0 Å². The SMILES string of the molecule is CC[C@H](O)CN1CCC(C)C(O)C1. The minimum atomic E-state index is -0.236. The molecule has 1 aliphatic rings. The molecule has 1 rings (SSSR count). The van der Waals surface area contributed by atoms with Crippen molar-refractivity contribution in [2.45, 2.75) is 38.9 Å². The Morgan fingerprint density at radius 2 is 2.23 bits per heavy atom. The van der Waals surface area contributed by atoms with Crippen molar-refractivity contribution < 1.29 is 10.2 Å². The lowest BCUT2D eigenvalue weighted by Gasteiger charge is -2.35. The van der Waals surface area contributed by atoms with Crippen molar-refractivity contribution in [2.24, 2.45) is 5.92 Å². The second kappa shape index (κ2) is 4.94. The van der Waals surface area contributed by atoms with Gasteiger partial charge in [0.15, 0.2) is 0 Å². The van der Waals surface area contributed by atoms with Gasteiger partial charge in [0.1, 0.15) is 0 Å². The lowest BCUT2D eigenvalue weighted by Crippen LogP contribution is -2.45. The van der Waals surface area contributed by atoms with Gasteiger partial charge in [-0.1, -0.05) is 13.8 Å². The van der Waals surface area contributed by atoms with Gasteiger partial charge in [0, 0.05) is 13.1 Å². The van der Waals surface area contributed by atoms with Crippen molar-refractivity contribution in [3.8, 4) is 0 Å². The van der Waals surface area contributed by atoms with Gasteiger partial charge in [-0.15, -0.1) is 0 Å². The predicted octanol–water partition coefficient (Wildman–Crippen LogP) is 0.460. The lowest BCUT2D eigenvalue weighted by molar-refractivity contribution is 0.00846. The van der Waals surface area contributed by atoms with Crippen molar-refractivity contribution in [1.29, 1.82) is 0 Å². The maximum atomic E-state index is 9.61. The first kappa shape index (κ1) is 11.0. The molecule has 0 aromatic heterocycles. The second-order valence-corrected chi connectivity index (χ2v) is 4.15. The summed E-state index contributed by atoms with van der Waals surface area (Å²) >= 11 is 0. The molecule has 1 fully saturated rings. The van der Waals surface area contributed by atoms with Gasteiger partial charge in [-0.25, -0.2) is 0 Å². The van der Waals surface area contributed by atoms with Gasteiger partial charge in [0.2, 0.25) is 0 Å². The first-order valence-corrected chi connectivity index (χ1v) is 5.22. The molecule has 0 aromatic carbocycles. The minimum Gasteiger partial charge on any atom is -0.392 e. The van der Waals surface area contributed by atoms with Crippen LogP contribution >= 0.6 is 0 Å². The fourth-order valence-electron chi connectivity index (χ4n) is 1.71. The lowest BCUT2D eigenvalue weighted by atomic mass is 9.96. The van der Waals surface area contributed by atoms with Gasteiger partial charge >= 0.3 is 0 Å². The van der Waals surface area contributed by atoms with Crippen LogP contribution in [0.5, 0.6) is 0 Å². The van der Waals surface area contributed by atoms with Crippen LogP contribution < -0.4 is 0 Å². The number of hydrogen-bond acceptors (Lipinski definition) is 3. The molecule has 1 saturated heterocycles. The standard InChI is InChI=1S/C10H21NO2/c1-3-9(12)6-11-5-4-8(2)10(13)7-11/h8-10,12-13H,3-7H2,1-2H3/t8?,9-,10?/m0/s1. The number of likely N-dealkylation sites (tertiary alicyclic amines) is 1. The number of piperidine rings is 1. The molecular formula is C10H21NO2. The Bertz CT molecular complexity index is 150. The summed E-state index contributed by atoms with van der Waals surface area (Å²) in [7, 11) is 0. The topological polar surface area (TPSA) is 43.7 Å². The summed E-state index contributed by atoms with van der Waals surface area (Å²) in [4.78, 5) is 2.15. The largest absolute Gasteiger partial charge is 0.392 e. The first-order valence-electron chi connectivity index (χ1n) is 5.22. The Hall–Kier alpha value is -0.120. The van der Waals surface area contributed by atoms with Crippen molar-refractivity contribution >= 4 is 0 Å². The van der Waals surface area contributed by atoms with Crippen molar-refractivity contribution in [2.75, 3.05) is 19.6 Å². The molecule has 3 nitrogen and oxygen atoms in total. The van der Waals surface area contributed by atoms with E-state index in [-0.39, 0.29) is 12.2 Å². The Morgan fingerprint density at radius 3 is 2.77 bits per heavy atom.